The van der Waals surface area contributed by atoms with Gasteiger partial charge >= 0.3 is 5.97 Å². The van der Waals surface area contributed by atoms with Gasteiger partial charge in [0.2, 0.25) is 10.0 Å². The Morgan fingerprint density at radius 2 is 1.51 bits per heavy atom. The lowest BCUT2D eigenvalue weighted by Gasteiger charge is -2.44. The number of hydrogen-bond donors (Lipinski definition) is 0. The van der Waals surface area contributed by atoms with E-state index in [1.807, 2.05) is 24.3 Å². The Morgan fingerprint density at radius 1 is 0.971 bits per heavy atom. The third-order valence-corrected chi connectivity index (χ3v) is 8.90. The van der Waals surface area contributed by atoms with Crippen LogP contribution in [0.1, 0.15) is 32.1 Å². The minimum Gasteiger partial charge on any atom is -0.497 e. The standard InChI is InChI=1S/C26H33NO7S/c1-27(24(25(28)32-3)21-13-15-26(16-14-21)33-17-4-18-34-26)35(29,30)23-11-7-20(8-12-23)19-5-9-22(31-2)10-6-19/h5-12,21,24H,4,13-18H2,1-3H3/t24-/m1/s1. The van der Waals surface area contributed by atoms with Crippen LogP contribution in [0.4, 0.5) is 0 Å². The lowest BCUT2D eigenvalue weighted by molar-refractivity contribution is -0.283. The van der Waals surface area contributed by atoms with E-state index in [0.717, 1.165) is 27.6 Å². The van der Waals surface area contributed by atoms with Crippen LogP contribution in [0, 0.1) is 5.92 Å². The summed E-state index contributed by atoms with van der Waals surface area (Å²) in [6, 6.07) is 13.3. The molecule has 0 radical (unpaired) electrons. The first kappa shape index (κ1) is 25.6. The van der Waals surface area contributed by atoms with Crippen molar-refractivity contribution >= 4 is 16.0 Å². The molecule has 0 N–H and O–H groups in total. The molecule has 2 aromatic rings. The number of rotatable bonds is 7. The van der Waals surface area contributed by atoms with Gasteiger partial charge in [0, 0.05) is 19.9 Å². The summed E-state index contributed by atoms with van der Waals surface area (Å²) in [5, 5.41) is 0. The van der Waals surface area contributed by atoms with Gasteiger partial charge < -0.3 is 18.9 Å². The highest BCUT2D eigenvalue weighted by Gasteiger charge is 2.45. The summed E-state index contributed by atoms with van der Waals surface area (Å²) in [5.41, 5.74) is 1.82. The van der Waals surface area contributed by atoms with E-state index in [1.165, 1.54) is 14.2 Å². The predicted octanol–water partition coefficient (Wildman–Crippen LogP) is 3.85. The van der Waals surface area contributed by atoms with Gasteiger partial charge in [-0.25, -0.2) is 8.42 Å². The minimum atomic E-state index is -3.94. The van der Waals surface area contributed by atoms with Crippen molar-refractivity contribution in [3.63, 3.8) is 0 Å². The molecule has 1 aliphatic carbocycles. The Bertz CT molecular complexity index is 1100. The molecule has 1 aliphatic heterocycles. The first-order chi connectivity index (χ1) is 16.8. The lowest BCUT2D eigenvalue weighted by atomic mass is 9.80. The van der Waals surface area contributed by atoms with E-state index in [9.17, 15) is 13.2 Å². The van der Waals surface area contributed by atoms with Crippen LogP contribution < -0.4 is 4.74 Å². The number of hydrogen-bond acceptors (Lipinski definition) is 7. The van der Waals surface area contributed by atoms with E-state index in [2.05, 4.69) is 0 Å². The largest absolute Gasteiger partial charge is 0.497 e. The highest BCUT2D eigenvalue weighted by molar-refractivity contribution is 7.89. The fourth-order valence-electron chi connectivity index (χ4n) is 4.98. The molecule has 0 bridgehead atoms. The van der Waals surface area contributed by atoms with Crippen molar-refractivity contribution in [1.29, 1.82) is 0 Å². The second kappa shape index (κ2) is 10.7. The molecule has 8 nitrogen and oxygen atoms in total. The van der Waals surface area contributed by atoms with Crippen molar-refractivity contribution < 1.29 is 32.2 Å². The molecule has 0 aromatic heterocycles. The fourth-order valence-corrected chi connectivity index (χ4v) is 6.35. The molecule has 2 fully saturated rings. The monoisotopic (exact) mass is 503 g/mol. The maximum atomic E-state index is 13.5. The maximum Gasteiger partial charge on any atom is 0.324 e. The van der Waals surface area contributed by atoms with Gasteiger partial charge in [-0.15, -0.1) is 0 Å². The smallest absolute Gasteiger partial charge is 0.324 e. The molecule has 2 aliphatic rings. The van der Waals surface area contributed by atoms with Gasteiger partial charge in [0.25, 0.3) is 0 Å². The van der Waals surface area contributed by atoms with Crippen molar-refractivity contribution in [2.45, 2.75) is 48.8 Å². The van der Waals surface area contributed by atoms with Gasteiger partial charge in [-0.3, -0.25) is 4.79 Å². The normalized spacial score (nSPS) is 19.4. The zero-order valence-electron chi connectivity index (χ0n) is 20.4. The van der Waals surface area contributed by atoms with Gasteiger partial charge in [-0.1, -0.05) is 24.3 Å². The van der Waals surface area contributed by atoms with Crippen LogP contribution in [0.5, 0.6) is 5.75 Å². The third-order valence-electron chi connectivity index (χ3n) is 7.05. The predicted molar refractivity (Wildman–Crippen MR) is 130 cm³/mol. The van der Waals surface area contributed by atoms with Gasteiger partial charge in [-0.2, -0.15) is 4.31 Å². The van der Waals surface area contributed by atoms with E-state index in [1.54, 1.807) is 31.4 Å². The zero-order valence-corrected chi connectivity index (χ0v) is 21.3. The first-order valence-electron chi connectivity index (χ1n) is 11.9. The van der Waals surface area contributed by atoms with Crippen LogP contribution in [-0.2, 0) is 29.0 Å². The number of likely N-dealkylation sites (N-methyl/N-ethyl adjacent to an activating group) is 1. The molecular weight excluding hydrogens is 470 g/mol. The molecular formula is C26H33NO7S. The highest BCUT2D eigenvalue weighted by Crippen LogP contribution is 2.40. The fraction of sp³-hybridized carbons (Fsp3) is 0.500. The van der Waals surface area contributed by atoms with Crippen molar-refractivity contribution in [1.82, 2.24) is 4.31 Å². The number of ether oxygens (including phenoxy) is 4. The number of benzene rings is 2. The summed E-state index contributed by atoms with van der Waals surface area (Å²) in [4.78, 5) is 12.9. The first-order valence-corrected chi connectivity index (χ1v) is 13.3. The van der Waals surface area contributed by atoms with Crippen LogP contribution in [0.2, 0.25) is 0 Å². The topological polar surface area (TPSA) is 91.4 Å². The SMILES string of the molecule is COC(=O)[C@@H](C1CCC2(CC1)OCCCO2)N(C)S(=O)(=O)c1ccc(-c2ccc(OC)cc2)cc1. The van der Waals surface area contributed by atoms with E-state index >= 15 is 0 Å². The van der Waals surface area contributed by atoms with Crippen molar-refractivity contribution in [2.75, 3.05) is 34.5 Å². The number of esters is 1. The quantitative estimate of drug-likeness (QED) is 0.530. The van der Waals surface area contributed by atoms with E-state index < -0.39 is 27.8 Å². The van der Waals surface area contributed by atoms with Crippen molar-refractivity contribution in [3.8, 4) is 16.9 Å². The highest BCUT2D eigenvalue weighted by atomic mass is 32.2. The maximum absolute atomic E-state index is 13.5. The van der Waals surface area contributed by atoms with E-state index in [4.69, 9.17) is 18.9 Å². The van der Waals surface area contributed by atoms with Crippen LogP contribution in [-0.4, -0.2) is 65.0 Å². The number of carbonyl (C=O) groups is 1. The molecule has 1 saturated heterocycles. The molecule has 1 heterocycles. The third kappa shape index (κ3) is 5.38. The number of methoxy groups -OCH3 is 2. The summed E-state index contributed by atoms with van der Waals surface area (Å²) >= 11 is 0. The summed E-state index contributed by atoms with van der Waals surface area (Å²) in [7, 11) is 0.411. The Hall–Kier alpha value is -2.46. The summed E-state index contributed by atoms with van der Waals surface area (Å²) in [5.74, 6) is -0.610. The Labute approximate surface area is 207 Å². The van der Waals surface area contributed by atoms with Gasteiger partial charge in [0.1, 0.15) is 11.8 Å². The van der Waals surface area contributed by atoms with E-state index in [0.29, 0.717) is 38.9 Å². The van der Waals surface area contributed by atoms with Crippen LogP contribution in [0.25, 0.3) is 11.1 Å². The molecule has 9 heteroatoms. The molecule has 1 saturated carbocycles. The van der Waals surface area contributed by atoms with Crippen molar-refractivity contribution in [3.05, 3.63) is 48.5 Å². The summed E-state index contributed by atoms with van der Waals surface area (Å²) < 4.78 is 50.2. The minimum absolute atomic E-state index is 0.123. The van der Waals surface area contributed by atoms with Crippen LogP contribution in [0.15, 0.2) is 53.4 Å². The van der Waals surface area contributed by atoms with Gasteiger partial charge in [0.15, 0.2) is 5.79 Å². The summed E-state index contributed by atoms with van der Waals surface area (Å²) in [6.45, 7) is 1.32. The Balaban J connectivity index is 1.52. The molecule has 1 spiro atoms. The van der Waals surface area contributed by atoms with Crippen LogP contribution >= 0.6 is 0 Å². The number of sulfonamides is 1. The van der Waals surface area contributed by atoms with Crippen molar-refractivity contribution in [2.24, 2.45) is 5.92 Å². The second-order valence-electron chi connectivity index (χ2n) is 9.04. The molecule has 4 rings (SSSR count). The van der Waals surface area contributed by atoms with E-state index in [-0.39, 0.29) is 10.8 Å². The average Bonchev–Trinajstić information content (AvgIpc) is 2.90. The Morgan fingerprint density at radius 3 is 2.03 bits per heavy atom. The molecule has 2 aromatic carbocycles. The second-order valence-corrected chi connectivity index (χ2v) is 11.0. The van der Waals surface area contributed by atoms with Gasteiger partial charge in [-0.05, 0) is 60.6 Å². The molecule has 0 amide bonds. The van der Waals surface area contributed by atoms with Gasteiger partial charge in [0.05, 0.1) is 32.3 Å². The molecule has 35 heavy (non-hydrogen) atoms. The number of carbonyl (C=O) groups excluding carboxylic acids is 1. The average molecular weight is 504 g/mol. The molecule has 0 unspecified atom stereocenters. The molecule has 190 valence electrons. The lowest BCUT2D eigenvalue weighted by Crippen LogP contribution is -2.51. The van der Waals surface area contributed by atoms with Crippen LogP contribution in [0.3, 0.4) is 0 Å². The Kier molecular flexibility index (Phi) is 7.80. The summed E-state index contributed by atoms with van der Waals surface area (Å²) in [6.07, 6.45) is 3.32. The number of nitrogens with zero attached hydrogens (tertiary/aromatic N) is 1. The zero-order chi connectivity index (χ0) is 25.1. The molecule has 1 atom stereocenters.